The maximum Gasteiger partial charge on any atom is 0.104 e. The number of aliphatic hydroxyl groups excluding tert-OH is 1. The first-order valence-electron chi connectivity index (χ1n) is 6.83. The van der Waals surface area contributed by atoms with Crippen molar-refractivity contribution >= 4 is 23.2 Å². The molecule has 20 heavy (non-hydrogen) atoms. The summed E-state index contributed by atoms with van der Waals surface area (Å²) in [5.41, 5.74) is 2.92. The van der Waals surface area contributed by atoms with E-state index in [0.717, 1.165) is 17.5 Å². The fourth-order valence-corrected chi connectivity index (χ4v) is 2.43. The lowest BCUT2D eigenvalue weighted by molar-refractivity contribution is 0.220. The van der Waals surface area contributed by atoms with Crippen molar-refractivity contribution in [2.45, 2.75) is 32.3 Å². The van der Waals surface area contributed by atoms with E-state index in [1.165, 1.54) is 18.4 Å². The Labute approximate surface area is 130 Å². The standard InChI is InChI=1S/C17H18Cl2O/c1-2-3-4-12-5-7-13(8-6-12)17(20)14-9-10-15(18)16(19)11-14/h5-11,17,20H,2-4H2,1H3. The molecule has 106 valence electrons. The smallest absolute Gasteiger partial charge is 0.104 e. The third-order valence-corrected chi connectivity index (χ3v) is 4.11. The third-order valence-electron chi connectivity index (χ3n) is 3.37. The SMILES string of the molecule is CCCCc1ccc(C(O)c2ccc(Cl)c(Cl)c2)cc1. The van der Waals surface area contributed by atoms with Gasteiger partial charge in [-0.1, -0.05) is 66.9 Å². The number of benzene rings is 2. The van der Waals surface area contributed by atoms with Crippen molar-refractivity contribution in [2.24, 2.45) is 0 Å². The van der Waals surface area contributed by atoms with Gasteiger partial charge in [-0.3, -0.25) is 0 Å². The summed E-state index contributed by atoms with van der Waals surface area (Å²) in [5.74, 6) is 0. The molecule has 2 aromatic carbocycles. The van der Waals surface area contributed by atoms with Gasteiger partial charge >= 0.3 is 0 Å². The Kier molecular flexibility index (Phi) is 5.47. The summed E-state index contributed by atoms with van der Waals surface area (Å²) in [6.07, 6.45) is 2.78. The molecule has 2 aromatic rings. The first kappa shape index (κ1) is 15.4. The maximum atomic E-state index is 10.4. The average Bonchev–Trinajstić information content (AvgIpc) is 2.48. The van der Waals surface area contributed by atoms with E-state index in [-0.39, 0.29) is 0 Å². The van der Waals surface area contributed by atoms with E-state index >= 15 is 0 Å². The summed E-state index contributed by atoms with van der Waals surface area (Å²) in [6, 6.07) is 13.3. The highest BCUT2D eigenvalue weighted by Gasteiger charge is 2.11. The van der Waals surface area contributed by atoms with Gasteiger partial charge in [0.15, 0.2) is 0 Å². The predicted molar refractivity (Wildman–Crippen MR) is 85.6 cm³/mol. The van der Waals surface area contributed by atoms with E-state index in [1.807, 2.05) is 12.1 Å². The lowest BCUT2D eigenvalue weighted by Gasteiger charge is -2.13. The van der Waals surface area contributed by atoms with Crippen molar-refractivity contribution in [1.29, 1.82) is 0 Å². The highest BCUT2D eigenvalue weighted by Crippen LogP contribution is 2.29. The highest BCUT2D eigenvalue weighted by molar-refractivity contribution is 6.42. The number of aryl methyl sites for hydroxylation is 1. The molecule has 0 fully saturated rings. The van der Waals surface area contributed by atoms with Gasteiger partial charge in [-0.2, -0.15) is 0 Å². The van der Waals surface area contributed by atoms with E-state index in [4.69, 9.17) is 23.2 Å². The summed E-state index contributed by atoms with van der Waals surface area (Å²) in [7, 11) is 0. The zero-order valence-electron chi connectivity index (χ0n) is 11.4. The molecule has 1 N–H and O–H groups in total. The number of aliphatic hydroxyl groups is 1. The first-order chi connectivity index (χ1) is 9.61. The molecule has 0 aromatic heterocycles. The van der Waals surface area contributed by atoms with Crippen LogP contribution < -0.4 is 0 Å². The summed E-state index contributed by atoms with van der Waals surface area (Å²) < 4.78 is 0. The van der Waals surface area contributed by atoms with Crippen LogP contribution in [0.4, 0.5) is 0 Å². The van der Waals surface area contributed by atoms with Gasteiger partial charge in [0.1, 0.15) is 6.10 Å². The van der Waals surface area contributed by atoms with Crippen molar-refractivity contribution in [3.63, 3.8) is 0 Å². The van der Waals surface area contributed by atoms with Crippen molar-refractivity contribution in [3.8, 4) is 0 Å². The second kappa shape index (κ2) is 7.12. The topological polar surface area (TPSA) is 20.2 Å². The van der Waals surface area contributed by atoms with Crippen LogP contribution in [0.5, 0.6) is 0 Å². The Bertz CT molecular complexity index is 564. The minimum atomic E-state index is -0.676. The van der Waals surface area contributed by atoms with E-state index < -0.39 is 6.10 Å². The quantitative estimate of drug-likeness (QED) is 0.782. The van der Waals surface area contributed by atoms with Crippen LogP contribution >= 0.6 is 23.2 Å². The molecule has 1 unspecified atom stereocenters. The van der Waals surface area contributed by atoms with Crippen LogP contribution in [0.25, 0.3) is 0 Å². The first-order valence-corrected chi connectivity index (χ1v) is 7.59. The molecule has 1 atom stereocenters. The maximum absolute atomic E-state index is 10.4. The van der Waals surface area contributed by atoms with Crippen LogP contribution in [0.2, 0.25) is 10.0 Å². The van der Waals surface area contributed by atoms with E-state index in [1.54, 1.807) is 18.2 Å². The van der Waals surface area contributed by atoms with Crippen LogP contribution in [0.3, 0.4) is 0 Å². The minimum absolute atomic E-state index is 0.461. The second-order valence-electron chi connectivity index (χ2n) is 4.92. The Morgan fingerprint density at radius 3 is 2.20 bits per heavy atom. The predicted octanol–water partition coefficient (Wildman–Crippen LogP) is 5.42. The Morgan fingerprint density at radius 2 is 1.60 bits per heavy atom. The summed E-state index contributed by atoms with van der Waals surface area (Å²) in [6.45, 7) is 2.18. The largest absolute Gasteiger partial charge is 0.384 e. The summed E-state index contributed by atoms with van der Waals surface area (Å²) in [4.78, 5) is 0. The molecule has 0 bridgehead atoms. The zero-order chi connectivity index (χ0) is 14.5. The van der Waals surface area contributed by atoms with Gasteiger partial charge < -0.3 is 5.11 Å². The zero-order valence-corrected chi connectivity index (χ0v) is 13.0. The highest BCUT2D eigenvalue weighted by atomic mass is 35.5. The monoisotopic (exact) mass is 308 g/mol. The molecule has 0 amide bonds. The molecule has 0 radical (unpaired) electrons. The molecule has 0 spiro atoms. The van der Waals surface area contributed by atoms with Crippen LogP contribution in [0.15, 0.2) is 42.5 Å². The van der Waals surface area contributed by atoms with Crippen LogP contribution in [-0.4, -0.2) is 5.11 Å². The van der Waals surface area contributed by atoms with Gasteiger partial charge in [-0.15, -0.1) is 0 Å². The Morgan fingerprint density at radius 1 is 0.950 bits per heavy atom. The lowest BCUT2D eigenvalue weighted by atomic mass is 9.99. The van der Waals surface area contributed by atoms with Crippen LogP contribution in [0, 0.1) is 0 Å². The normalized spacial score (nSPS) is 12.4. The molecule has 0 heterocycles. The number of halogens is 2. The molecule has 0 aliphatic heterocycles. The lowest BCUT2D eigenvalue weighted by Crippen LogP contribution is -2.00. The minimum Gasteiger partial charge on any atom is -0.384 e. The summed E-state index contributed by atoms with van der Waals surface area (Å²) >= 11 is 11.9. The molecule has 0 saturated heterocycles. The fourth-order valence-electron chi connectivity index (χ4n) is 2.12. The Hall–Kier alpha value is -1.02. The molecule has 0 aliphatic carbocycles. The van der Waals surface area contributed by atoms with E-state index in [9.17, 15) is 5.11 Å². The van der Waals surface area contributed by atoms with E-state index in [0.29, 0.717) is 10.0 Å². The number of rotatable bonds is 5. The molecule has 1 nitrogen and oxygen atoms in total. The van der Waals surface area contributed by atoms with Gasteiger partial charge in [0, 0.05) is 0 Å². The molecular weight excluding hydrogens is 291 g/mol. The van der Waals surface area contributed by atoms with Crippen molar-refractivity contribution < 1.29 is 5.11 Å². The van der Waals surface area contributed by atoms with Crippen LogP contribution in [-0.2, 0) is 6.42 Å². The van der Waals surface area contributed by atoms with Crippen molar-refractivity contribution in [1.82, 2.24) is 0 Å². The average molecular weight is 309 g/mol. The van der Waals surface area contributed by atoms with E-state index in [2.05, 4.69) is 19.1 Å². The molecule has 0 saturated carbocycles. The fraction of sp³-hybridized carbons (Fsp3) is 0.294. The van der Waals surface area contributed by atoms with Gasteiger partial charge in [0.2, 0.25) is 0 Å². The van der Waals surface area contributed by atoms with Gasteiger partial charge in [-0.25, -0.2) is 0 Å². The second-order valence-corrected chi connectivity index (χ2v) is 5.74. The third kappa shape index (κ3) is 3.76. The molecular formula is C17H18Cl2O. The van der Waals surface area contributed by atoms with Crippen molar-refractivity contribution in [3.05, 3.63) is 69.2 Å². The number of hydrogen-bond donors (Lipinski definition) is 1. The molecule has 3 heteroatoms. The Balaban J connectivity index is 2.15. The van der Waals surface area contributed by atoms with Gasteiger partial charge in [-0.05, 0) is 41.7 Å². The molecule has 0 aliphatic rings. The van der Waals surface area contributed by atoms with Crippen molar-refractivity contribution in [2.75, 3.05) is 0 Å². The van der Waals surface area contributed by atoms with Gasteiger partial charge in [0.25, 0.3) is 0 Å². The number of hydrogen-bond acceptors (Lipinski definition) is 1. The summed E-state index contributed by atoms with van der Waals surface area (Å²) in [5, 5.41) is 11.3. The van der Waals surface area contributed by atoms with Crippen LogP contribution in [0.1, 0.15) is 42.6 Å². The molecule has 2 rings (SSSR count). The number of unbranched alkanes of at least 4 members (excludes halogenated alkanes) is 1. The van der Waals surface area contributed by atoms with Gasteiger partial charge in [0.05, 0.1) is 10.0 Å².